The van der Waals surface area contributed by atoms with Crippen LogP contribution in [0.1, 0.15) is 32.1 Å². The van der Waals surface area contributed by atoms with Crippen molar-refractivity contribution in [2.24, 2.45) is 5.92 Å². The van der Waals surface area contributed by atoms with E-state index in [1.54, 1.807) is 24.4 Å². The second kappa shape index (κ2) is 12.4. The molecule has 3 N–H and O–H groups in total. The third kappa shape index (κ3) is 6.12. The van der Waals surface area contributed by atoms with Gasteiger partial charge < -0.3 is 15.7 Å². The number of halogens is 2. The number of anilines is 3. The van der Waals surface area contributed by atoms with Gasteiger partial charge in [-0.1, -0.05) is 11.6 Å². The van der Waals surface area contributed by atoms with Crippen LogP contribution in [-0.2, 0) is 4.79 Å². The first-order valence-electron chi connectivity index (χ1n) is 14.4. The van der Waals surface area contributed by atoms with Gasteiger partial charge >= 0.3 is 0 Å². The van der Waals surface area contributed by atoms with Crippen LogP contribution in [0.15, 0.2) is 47.6 Å². The first-order chi connectivity index (χ1) is 20.3. The molecule has 1 aliphatic heterocycles. The standard InChI is InChI=1S/C30H35ClFN7O2S/c1-38-9-10-39(18-30(38)6-2-7-30)22-13-19(14-22)28(41)35-27-16-21(5-8-33-27)34-26-17-25(36-37-29(26)42-12-11-40)23-15-20(31)3-4-24(23)32/h3-5,8,15-17,19,22,40H,2,6-7,9-14,18H2,1H3,(H2,33,34,35,36,41)/t19-,22-. The molecule has 2 saturated carbocycles. The summed E-state index contributed by atoms with van der Waals surface area (Å²) in [5, 5.41) is 25.0. The molecule has 9 nitrogen and oxygen atoms in total. The lowest BCUT2D eigenvalue weighted by atomic mass is 9.72. The maximum absolute atomic E-state index is 14.6. The Bertz CT molecular complexity index is 1450. The van der Waals surface area contributed by atoms with Crippen LogP contribution >= 0.6 is 23.4 Å². The average Bonchev–Trinajstić information content (AvgIpc) is 2.93. The number of hydrogen-bond donors (Lipinski definition) is 3. The smallest absolute Gasteiger partial charge is 0.228 e. The van der Waals surface area contributed by atoms with Crippen molar-refractivity contribution in [3.63, 3.8) is 0 Å². The van der Waals surface area contributed by atoms with Crippen molar-refractivity contribution in [2.75, 3.05) is 49.7 Å². The Hall–Kier alpha value is -2.83. The zero-order valence-electron chi connectivity index (χ0n) is 23.5. The Morgan fingerprint density at radius 1 is 1.19 bits per heavy atom. The lowest BCUT2D eigenvalue weighted by Crippen LogP contribution is -2.67. The minimum atomic E-state index is -0.460. The maximum atomic E-state index is 14.6. The van der Waals surface area contributed by atoms with Crippen LogP contribution < -0.4 is 10.6 Å². The monoisotopic (exact) mass is 611 g/mol. The van der Waals surface area contributed by atoms with E-state index in [0.717, 1.165) is 32.5 Å². The quantitative estimate of drug-likeness (QED) is 0.287. The summed E-state index contributed by atoms with van der Waals surface area (Å²) in [6.45, 7) is 3.26. The van der Waals surface area contributed by atoms with E-state index in [-0.39, 0.29) is 24.0 Å². The fraction of sp³-hybridized carbons (Fsp3) is 0.467. The zero-order valence-corrected chi connectivity index (χ0v) is 25.1. The van der Waals surface area contributed by atoms with Gasteiger partial charge in [-0.2, -0.15) is 0 Å². The van der Waals surface area contributed by atoms with E-state index in [0.29, 0.717) is 50.3 Å². The van der Waals surface area contributed by atoms with Gasteiger partial charge in [0.2, 0.25) is 5.91 Å². The zero-order chi connectivity index (χ0) is 29.3. The third-order valence-corrected chi connectivity index (χ3v) is 10.1. The normalized spacial score (nSPS) is 21.9. The van der Waals surface area contributed by atoms with Gasteiger partial charge in [0, 0.05) is 71.4 Å². The predicted octanol–water partition coefficient (Wildman–Crippen LogP) is 5.05. The molecule has 0 bridgehead atoms. The van der Waals surface area contributed by atoms with Gasteiger partial charge in [0.05, 0.1) is 18.0 Å². The first-order valence-corrected chi connectivity index (χ1v) is 15.8. The predicted molar refractivity (Wildman–Crippen MR) is 164 cm³/mol. The van der Waals surface area contributed by atoms with Gasteiger partial charge in [-0.25, -0.2) is 9.37 Å². The maximum Gasteiger partial charge on any atom is 0.228 e. The summed E-state index contributed by atoms with van der Waals surface area (Å²) in [5.41, 5.74) is 2.16. The molecule has 3 fully saturated rings. The highest BCUT2D eigenvalue weighted by Crippen LogP contribution is 2.42. The number of hydrogen-bond acceptors (Lipinski definition) is 9. The van der Waals surface area contributed by atoms with E-state index in [1.807, 2.05) is 0 Å². The number of amides is 1. The molecule has 0 atom stereocenters. The van der Waals surface area contributed by atoms with Crippen molar-refractivity contribution >= 4 is 46.5 Å². The van der Waals surface area contributed by atoms with Gasteiger partial charge in [0.25, 0.3) is 0 Å². The summed E-state index contributed by atoms with van der Waals surface area (Å²) in [5.74, 6) is 0.383. The summed E-state index contributed by atoms with van der Waals surface area (Å²) in [4.78, 5) is 22.6. The van der Waals surface area contributed by atoms with Crippen LogP contribution in [0, 0.1) is 11.7 Å². The Balaban J connectivity index is 1.11. The fourth-order valence-corrected chi connectivity index (χ4v) is 6.96. The van der Waals surface area contributed by atoms with Crippen molar-refractivity contribution in [1.29, 1.82) is 0 Å². The van der Waals surface area contributed by atoms with E-state index >= 15 is 0 Å². The molecule has 12 heteroatoms. The second-order valence-electron chi connectivity index (χ2n) is 11.5. The summed E-state index contributed by atoms with van der Waals surface area (Å²) >= 11 is 7.42. The van der Waals surface area contributed by atoms with E-state index in [4.69, 9.17) is 11.6 Å². The molecule has 1 saturated heterocycles. The lowest BCUT2D eigenvalue weighted by Gasteiger charge is -2.57. The van der Waals surface area contributed by atoms with Crippen LogP contribution in [0.2, 0.25) is 5.02 Å². The van der Waals surface area contributed by atoms with E-state index in [2.05, 4.69) is 42.7 Å². The molecular formula is C30H35ClFN7O2S. The number of nitrogens with zero attached hydrogens (tertiary/aromatic N) is 5. The molecule has 42 heavy (non-hydrogen) atoms. The summed E-state index contributed by atoms with van der Waals surface area (Å²) in [6, 6.07) is 9.98. The van der Waals surface area contributed by atoms with Crippen LogP contribution in [0.5, 0.6) is 0 Å². The number of rotatable bonds is 9. The van der Waals surface area contributed by atoms with Gasteiger partial charge in [0.15, 0.2) is 0 Å². The van der Waals surface area contributed by atoms with Crippen LogP contribution in [0.4, 0.5) is 21.6 Å². The number of aliphatic hydroxyl groups is 1. The summed E-state index contributed by atoms with van der Waals surface area (Å²) in [6.07, 6.45) is 7.25. The Morgan fingerprint density at radius 3 is 2.79 bits per heavy atom. The number of carbonyl (C=O) groups is 1. The van der Waals surface area contributed by atoms with Crippen molar-refractivity contribution < 1.29 is 14.3 Å². The SMILES string of the molecule is CN1CCN([C@H]2C[C@H](C(=O)Nc3cc(Nc4cc(-c5cc(Cl)ccc5F)nnc4SCCO)ccn3)C2)CC12CCC2. The number of piperazine rings is 1. The highest BCUT2D eigenvalue weighted by molar-refractivity contribution is 7.99. The van der Waals surface area contributed by atoms with Gasteiger partial charge in [-0.3, -0.25) is 14.6 Å². The molecule has 0 radical (unpaired) electrons. The molecule has 222 valence electrons. The number of aliphatic hydroxyl groups excluding tert-OH is 1. The van der Waals surface area contributed by atoms with Crippen molar-refractivity contribution in [1.82, 2.24) is 25.0 Å². The molecule has 3 aromatic rings. The average molecular weight is 612 g/mol. The number of likely N-dealkylation sites (N-methyl/N-ethyl adjacent to an activating group) is 1. The highest BCUT2D eigenvalue weighted by atomic mass is 35.5. The third-order valence-electron chi connectivity index (χ3n) is 8.90. The number of nitrogens with one attached hydrogen (secondary N) is 2. The van der Waals surface area contributed by atoms with Gasteiger partial charge in [-0.05, 0) is 69.5 Å². The van der Waals surface area contributed by atoms with E-state index < -0.39 is 5.82 Å². The van der Waals surface area contributed by atoms with Crippen molar-refractivity contribution in [2.45, 2.75) is 48.7 Å². The molecular weight excluding hydrogens is 577 g/mol. The molecule has 0 unspecified atom stereocenters. The lowest BCUT2D eigenvalue weighted by molar-refractivity contribution is -0.126. The minimum absolute atomic E-state index is 0.00753. The molecule has 2 aliphatic carbocycles. The molecule has 1 aromatic carbocycles. The van der Waals surface area contributed by atoms with Crippen molar-refractivity contribution in [3.05, 3.63) is 53.4 Å². The van der Waals surface area contributed by atoms with Gasteiger partial charge in [-0.15, -0.1) is 22.0 Å². The molecule has 1 amide bonds. The van der Waals surface area contributed by atoms with E-state index in [9.17, 15) is 14.3 Å². The number of thioether (sulfide) groups is 1. The number of pyridine rings is 1. The largest absolute Gasteiger partial charge is 0.396 e. The molecule has 1 spiro atoms. The highest BCUT2D eigenvalue weighted by Gasteiger charge is 2.48. The molecule has 3 heterocycles. The van der Waals surface area contributed by atoms with Crippen molar-refractivity contribution in [3.8, 4) is 11.3 Å². The minimum Gasteiger partial charge on any atom is -0.396 e. The Kier molecular flexibility index (Phi) is 8.65. The Labute approximate surface area is 254 Å². The summed E-state index contributed by atoms with van der Waals surface area (Å²) in [7, 11) is 2.25. The topological polar surface area (TPSA) is 107 Å². The number of carbonyl (C=O) groups excluding carboxylic acids is 1. The molecule has 3 aliphatic rings. The van der Waals surface area contributed by atoms with Crippen LogP contribution in [0.25, 0.3) is 11.3 Å². The van der Waals surface area contributed by atoms with Crippen LogP contribution in [0.3, 0.4) is 0 Å². The second-order valence-corrected chi connectivity index (χ2v) is 13.0. The number of benzene rings is 1. The van der Waals surface area contributed by atoms with Gasteiger partial charge in [0.1, 0.15) is 16.7 Å². The van der Waals surface area contributed by atoms with Crippen LogP contribution in [-0.4, -0.2) is 86.6 Å². The fourth-order valence-electron chi connectivity index (χ4n) is 6.13. The number of aromatic nitrogens is 3. The Morgan fingerprint density at radius 2 is 2.02 bits per heavy atom. The first kappa shape index (κ1) is 29.3. The molecule has 2 aromatic heterocycles. The molecule has 6 rings (SSSR count). The summed E-state index contributed by atoms with van der Waals surface area (Å²) < 4.78 is 14.6. The van der Waals surface area contributed by atoms with E-state index in [1.165, 1.54) is 49.2 Å².